The molecule has 0 unspecified atom stereocenters. The molecule has 2 aromatic rings. The van der Waals surface area contributed by atoms with Gasteiger partial charge in [-0.05, 0) is 71.7 Å². The van der Waals surface area contributed by atoms with Gasteiger partial charge in [0.05, 0.1) is 6.54 Å². The number of carbonyl (C=O) groups is 1. The molecule has 0 radical (unpaired) electrons. The predicted octanol–water partition coefficient (Wildman–Crippen LogP) is 6.41. The summed E-state index contributed by atoms with van der Waals surface area (Å²) >= 11 is 5.21. The van der Waals surface area contributed by atoms with Crippen molar-refractivity contribution in [3.63, 3.8) is 0 Å². The fraction of sp³-hybridized carbons (Fsp3) is 0.423. The number of aliphatic imine (C=N–C) groups is 1. The molecule has 1 aromatic carbocycles. The summed E-state index contributed by atoms with van der Waals surface area (Å²) in [5, 5.41) is 2.74. The Morgan fingerprint density at radius 3 is 2.55 bits per heavy atom. The van der Waals surface area contributed by atoms with Crippen LogP contribution >= 0.6 is 27.7 Å². The summed E-state index contributed by atoms with van der Waals surface area (Å²) in [7, 11) is 0. The minimum Gasteiger partial charge on any atom is -0.370 e. The first-order chi connectivity index (χ1) is 16.0. The van der Waals surface area contributed by atoms with Crippen molar-refractivity contribution in [2.24, 2.45) is 10.7 Å². The highest BCUT2D eigenvalue weighted by Gasteiger charge is 2.15. The van der Waals surface area contributed by atoms with Gasteiger partial charge in [-0.3, -0.25) is 15.1 Å². The van der Waals surface area contributed by atoms with E-state index in [4.69, 9.17) is 5.73 Å². The largest absolute Gasteiger partial charge is 0.370 e. The van der Waals surface area contributed by atoms with Gasteiger partial charge in [-0.25, -0.2) is 4.99 Å². The van der Waals surface area contributed by atoms with Crippen molar-refractivity contribution in [1.29, 1.82) is 0 Å². The smallest absolute Gasteiger partial charge is 0.254 e. The molecule has 33 heavy (non-hydrogen) atoms. The number of pyridine rings is 1. The van der Waals surface area contributed by atoms with Crippen LogP contribution in [0.4, 0.5) is 0 Å². The molecular formula is C26H37BrN4OS. The second-order valence-corrected chi connectivity index (χ2v) is 8.96. The number of nitrogens with two attached hydrogens (primary N) is 1. The van der Waals surface area contributed by atoms with Crippen LogP contribution in [0, 0.1) is 0 Å². The van der Waals surface area contributed by atoms with Crippen molar-refractivity contribution in [1.82, 2.24) is 10.3 Å². The van der Waals surface area contributed by atoms with Crippen molar-refractivity contribution in [2.45, 2.75) is 66.3 Å². The van der Waals surface area contributed by atoms with Gasteiger partial charge in [0.25, 0.3) is 5.91 Å². The number of allylic oxidation sites excluding steroid dienone is 1. The molecule has 0 aliphatic carbocycles. The van der Waals surface area contributed by atoms with E-state index >= 15 is 0 Å². The Bertz CT molecular complexity index is 929. The Hall–Kier alpha value is -2.12. The summed E-state index contributed by atoms with van der Waals surface area (Å²) in [5.74, 6) is -0.0558. The Kier molecular flexibility index (Phi) is 14.4. The maximum Gasteiger partial charge on any atom is 0.254 e. The summed E-state index contributed by atoms with van der Waals surface area (Å²) in [6, 6.07) is 10.2. The molecule has 7 heteroatoms. The van der Waals surface area contributed by atoms with Gasteiger partial charge in [-0.2, -0.15) is 0 Å². The van der Waals surface area contributed by atoms with Crippen molar-refractivity contribution in [2.75, 3.05) is 6.26 Å². The Morgan fingerprint density at radius 1 is 1.18 bits per heavy atom. The van der Waals surface area contributed by atoms with Gasteiger partial charge in [0, 0.05) is 22.4 Å². The van der Waals surface area contributed by atoms with E-state index < -0.39 is 0 Å². The quantitative estimate of drug-likeness (QED) is 0.210. The predicted molar refractivity (Wildman–Crippen MR) is 146 cm³/mol. The van der Waals surface area contributed by atoms with Crippen molar-refractivity contribution in [3.05, 3.63) is 74.4 Å². The molecule has 1 aromatic heterocycles. The molecule has 180 valence electrons. The van der Waals surface area contributed by atoms with E-state index in [-0.39, 0.29) is 11.9 Å². The van der Waals surface area contributed by atoms with Crippen LogP contribution in [0.1, 0.15) is 63.6 Å². The summed E-state index contributed by atoms with van der Waals surface area (Å²) in [4.78, 5) is 22.3. The molecule has 0 atom stereocenters. The van der Waals surface area contributed by atoms with Crippen LogP contribution in [0.25, 0.3) is 0 Å². The van der Waals surface area contributed by atoms with Gasteiger partial charge < -0.3 is 5.73 Å². The highest BCUT2D eigenvalue weighted by molar-refractivity contribution is 9.10. The van der Waals surface area contributed by atoms with E-state index in [1.54, 1.807) is 24.2 Å². The molecule has 0 aliphatic heterocycles. The maximum atomic E-state index is 12.9. The molecule has 0 bridgehead atoms. The van der Waals surface area contributed by atoms with Gasteiger partial charge in [0.1, 0.15) is 0 Å². The van der Waals surface area contributed by atoms with Crippen LogP contribution in [0.15, 0.2) is 62.7 Å². The second kappa shape index (κ2) is 16.5. The van der Waals surface area contributed by atoms with Crippen LogP contribution in [0.2, 0.25) is 0 Å². The number of aromatic nitrogens is 1. The summed E-state index contributed by atoms with van der Waals surface area (Å²) in [6.45, 7) is 8.57. The number of nitrogens with one attached hydrogen (secondary N) is 1. The van der Waals surface area contributed by atoms with Crippen LogP contribution in [-0.4, -0.2) is 23.1 Å². The number of hydrogen-bond donors (Lipinski definition) is 2. The number of rotatable bonds is 10. The third kappa shape index (κ3) is 10.1. The lowest BCUT2D eigenvalue weighted by molar-refractivity contribution is -0.116. The molecule has 0 fully saturated rings. The number of nitrogens with zero attached hydrogens (tertiary/aromatic N) is 2. The van der Waals surface area contributed by atoms with E-state index in [1.807, 2.05) is 39.2 Å². The van der Waals surface area contributed by atoms with E-state index in [0.717, 1.165) is 46.2 Å². The maximum absolute atomic E-state index is 12.9. The fourth-order valence-electron chi connectivity index (χ4n) is 3.35. The molecule has 5 nitrogen and oxygen atoms in total. The average molecular weight is 534 g/mol. The van der Waals surface area contributed by atoms with Crippen molar-refractivity contribution in [3.8, 4) is 0 Å². The van der Waals surface area contributed by atoms with Gasteiger partial charge in [-0.1, -0.05) is 62.2 Å². The number of guanidine groups is 1. The third-order valence-corrected chi connectivity index (χ3v) is 6.35. The van der Waals surface area contributed by atoms with E-state index in [2.05, 4.69) is 56.3 Å². The topological polar surface area (TPSA) is 80.4 Å². The third-order valence-electron chi connectivity index (χ3n) is 4.92. The number of halogens is 1. The average Bonchev–Trinajstić information content (AvgIpc) is 2.83. The zero-order valence-corrected chi connectivity index (χ0v) is 22.9. The Labute approximate surface area is 211 Å². The first-order valence-corrected chi connectivity index (χ1v) is 13.5. The molecule has 0 saturated heterocycles. The minimum absolute atomic E-state index is 0.123. The number of thioether (sulfide) groups is 1. The zero-order valence-electron chi connectivity index (χ0n) is 20.5. The SMILES string of the molecule is CC.CCCc1ccc(Br)cc1CC/C(SC)=C(/CC)C(=O)NC(N)=NCc1cccnc1. The fourth-order valence-corrected chi connectivity index (χ4v) is 4.55. The standard InChI is InChI=1S/C24H31BrN4OS.C2H6/c1-4-7-18-9-11-20(25)14-19(18)10-12-22(31-3)21(5-2)23(30)29-24(26)28-16-17-8-6-13-27-15-17;1-2/h6,8-9,11,13-15H,4-5,7,10,12,16H2,1-3H3,(H3,26,28,29,30);1-2H3/b22-21+;. The highest BCUT2D eigenvalue weighted by Crippen LogP contribution is 2.27. The first kappa shape index (κ1) is 28.9. The first-order valence-electron chi connectivity index (χ1n) is 11.5. The minimum atomic E-state index is -0.178. The van der Waals surface area contributed by atoms with Crippen molar-refractivity contribution >= 4 is 39.6 Å². The van der Waals surface area contributed by atoms with Gasteiger partial charge in [-0.15, -0.1) is 11.8 Å². The molecule has 2 rings (SSSR count). The van der Waals surface area contributed by atoms with Gasteiger partial charge in [0.15, 0.2) is 5.96 Å². The molecule has 1 amide bonds. The Balaban J connectivity index is 0.00000265. The van der Waals surface area contributed by atoms with E-state index in [0.29, 0.717) is 13.0 Å². The monoisotopic (exact) mass is 532 g/mol. The lowest BCUT2D eigenvalue weighted by Gasteiger charge is -2.14. The normalized spacial score (nSPS) is 11.9. The summed E-state index contributed by atoms with van der Waals surface area (Å²) in [6.07, 6.45) is 9.98. The van der Waals surface area contributed by atoms with Crippen molar-refractivity contribution < 1.29 is 4.79 Å². The number of benzene rings is 1. The molecule has 3 N–H and O–H groups in total. The number of aryl methyl sites for hydroxylation is 2. The zero-order chi connectivity index (χ0) is 24.6. The second-order valence-electron chi connectivity index (χ2n) is 7.14. The van der Waals surface area contributed by atoms with Gasteiger partial charge >= 0.3 is 0 Å². The number of amides is 1. The lowest BCUT2D eigenvalue weighted by Crippen LogP contribution is -2.38. The van der Waals surface area contributed by atoms with Crippen LogP contribution < -0.4 is 11.1 Å². The molecule has 0 spiro atoms. The highest BCUT2D eigenvalue weighted by atomic mass is 79.9. The summed E-state index contributed by atoms with van der Waals surface area (Å²) in [5.41, 5.74) is 10.4. The molecule has 0 saturated carbocycles. The Morgan fingerprint density at radius 2 is 1.94 bits per heavy atom. The molecule has 0 aliphatic rings. The van der Waals surface area contributed by atoms with Gasteiger partial charge in [0.2, 0.25) is 0 Å². The molecular weight excluding hydrogens is 496 g/mol. The van der Waals surface area contributed by atoms with E-state index in [9.17, 15) is 4.79 Å². The number of hydrogen-bond acceptors (Lipinski definition) is 4. The van der Waals surface area contributed by atoms with Crippen LogP contribution in [0.5, 0.6) is 0 Å². The summed E-state index contributed by atoms with van der Waals surface area (Å²) < 4.78 is 1.09. The van der Waals surface area contributed by atoms with Crippen LogP contribution in [0.3, 0.4) is 0 Å². The number of carbonyl (C=O) groups excluding carboxylic acids is 1. The van der Waals surface area contributed by atoms with Crippen LogP contribution in [-0.2, 0) is 24.2 Å². The lowest BCUT2D eigenvalue weighted by atomic mass is 9.98. The van der Waals surface area contributed by atoms with E-state index in [1.165, 1.54) is 11.1 Å². The molecule has 1 heterocycles.